The number of hydrogen-bond acceptors (Lipinski definition) is 4. The number of rotatable bonds is 5. The standard InChI is InChI=1S/C16H19NO2S/c1-12(15-8-5-9-20-15)17(2)11-13-6-4-7-14(10-13)16(18)19-3/h4-10,12H,11H2,1-3H3. The average molecular weight is 289 g/mol. The van der Waals surface area contributed by atoms with E-state index >= 15 is 0 Å². The van der Waals surface area contributed by atoms with Gasteiger partial charge in [-0.15, -0.1) is 11.3 Å². The second-order valence-electron chi connectivity index (χ2n) is 4.80. The molecule has 2 aromatic rings. The first-order chi connectivity index (χ1) is 9.61. The Bertz CT molecular complexity index is 566. The maximum Gasteiger partial charge on any atom is 0.337 e. The van der Waals surface area contributed by atoms with Gasteiger partial charge < -0.3 is 4.74 Å². The Kier molecular flexibility index (Phi) is 4.93. The molecule has 0 amide bonds. The van der Waals surface area contributed by atoms with E-state index in [0.29, 0.717) is 11.6 Å². The molecule has 20 heavy (non-hydrogen) atoms. The molecule has 1 atom stereocenters. The molecule has 0 saturated carbocycles. The van der Waals surface area contributed by atoms with E-state index in [9.17, 15) is 4.79 Å². The molecule has 0 radical (unpaired) electrons. The molecule has 1 aromatic carbocycles. The van der Waals surface area contributed by atoms with Crippen LogP contribution in [0.3, 0.4) is 0 Å². The number of carbonyl (C=O) groups is 1. The molecule has 2 rings (SSSR count). The first-order valence-corrected chi connectivity index (χ1v) is 7.40. The molecule has 1 unspecified atom stereocenters. The van der Waals surface area contributed by atoms with Gasteiger partial charge in [0.2, 0.25) is 0 Å². The van der Waals surface area contributed by atoms with Gasteiger partial charge in [-0.05, 0) is 43.1 Å². The maximum absolute atomic E-state index is 11.5. The van der Waals surface area contributed by atoms with Gasteiger partial charge in [0, 0.05) is 17.5 Å². The molecule has 0 N–H and O–H groups in total. The molecule has 1 heterocycles. The van der Waals surface area contributed by atoms with E-state index in [0.717, 1.165) is 12.1 Å². The normalized spacial score (nSPS) is 12.4. The van der Waals surface area contributed by atoms with Crippen LogP contribution in [0.15, 0.2) is 41.8 Å². The van der Waals surface area contributed by atoms with Crippen molar-refractivity contribution < 1.29 is 9.53 Å². The number of ether oxygens (including phenoxy) is 1. The molecular formula is C16H19NO2S. The molecule has 1 aromatic heterocycles. The third kappa shape index (κ3) is 3.46. The molecule has 3 nitrogen and oxygen atoms in total. The SMILES string of the molecule is COC(=O)c1cccc(CN(C)C(C)c2cccs2)c1. The Balaban J connectivity index is 2.08. The van der Waals surface area contributed by atoms with Gasteiger partial charge in [0.1, 0.15) is 0 Å². The minimum atomic E-state index is -0.291. The van der Waals surface area contributed by atoms with Crippen molar-refractivity contribution in [2.75, 3.05) is 14.2 Å². The van der Waals surface area contributed by atoms with Crippen molar-refractivity contribution in [2.45, 2.75) is 19.5 Å². The van der Waals surface area contributed by atoms with E-state index in [-0.39, 0.29) is 5.97 Å². The number of carbonyl (C=O) groups excluding carboxylic acids is 1. The molecule has 0 bridgehead atoms. The predicted octanol–water partition coefficient (Wildman–Crippen LogP) is 3.73. The summed E-state index contributed by atoms with van der Waals surface area (Å²) in [6.45, 7) is 2.99. The summed E-state index contributed by atoms with van der Waals surface area (Å²) in [5.74, 6) is -0.291. The van der Waals surface area contributed by atoms with Crippen LogP contribution in [0, 0.1) is 0 Å². The summed E-state index contributed by atoms with van der Waals surface area (Å²) in [6, 6.07) is 12.2. The molecule has 0 fully saturated rings. The number of hydrogen-bond donors (Lipinski definition) is 0. The second-order valence-corrected chi connectivity index (χ2v) is 5.78. The smallest absolute Gasteiger partial charge is 0.337 e. The van der Waals surface area contributed by atoms with Gasteiger partial charge >= 0.3 is 5.97 Å². The van der Waals surface area contributed by atoms with Gasteiger partial charge in [-0.25, -0.2) is 4.79 Å². The van der Waals surface area contributed by atoms with Crippen molar-refractivity contribution in [3.63, 3.8) is 0 Å². The van der Waals surface area contributed by atoms with Crippen LogP contribution < -0.4 is 0 Å². The van der Waals surface area contributed by atoms with Gasteiger partial charge in [-0.1, -0.05) is 18.2 Å². The zero-order chi connectivity index (χ0) is 14.5. The minimum Gasteiger partial charge on any atom is -0.465 e. The fourth-order valence-corrected chi connectivity index (χ4v) is 2.93. The zero-order valence-electron chi connectivity index (χ0n) is 12.0. The zero-order valence-corrected chi connectivity index (χ0v) is 12.8. The average Bonchev–Trinajstić information content (AvgIpc) is 3.00. The monoisotopic (exact) mass is 289 g/mol. The Labute approximate surface area is 123 Å². The molecule has 106 valence electrons. The highest BCUT2D eigenvalue weighted by atomic mass is 32.1. The molecule has 0 saturated heterocycles. The number of esters is 1. The Hall–Kier alpha value is -1.65. The summed E-state index contributed by atoms with van der Waals surface area (Å²) in [5.41, 5.74) is 1.71. The topological polar surface area (TPSA) is 29.5 Å². The number of methoxy groups -OCH3 is 1. The molecule has 0 aliphatic heterocycles. The van der Waals surface area contributed by atoms with Crippen LogP contribution in [0.25, 0.3) is 0 Å². The van der Waals surface area contributed by atoms with Gasteiger partial charge in [0.15, 0.2) is 0 Å². The van der Waals surface area contributed by atoms with Crippen LogP contribution in [0.4, 0.5) is 0 Å². The van der Waals surface area contributed by atoms with Gasteiger partial charge in [0.05, 0.1) is 12.7 Å². The highest BCUT2D eigenvalue weighted by molar-refractivity contribution is 7.10. The summed E-state index contributed by atoms with van der Waals surface area (Å²) in [6.07, 6.45) is 0. The summed E-state index contributed by atoms with van der Waals surface area (Å²) in [5, 5.41) is 2.09. The van der Waals surface area contributed by atoms with Crippen LogP contribution in [-0.2, 0) is 11.3 Å². The summed E-state index contributed by atoms with van der Waals surface area (Å²) in [7, 11) is 3.50. The van der Waals surface area contributed by atoms with E-state index in [4.69, 9.17) is 4.74 Å². The van der Waals surface area contributed by atoms with E-state index in [1.807, 2.05) is 18.2 Å². The quantitative estimate of drug-likeness (QED) is 0.786. The van der Waals surface area contributed by atoms with Crippen LogP contribution in [0.1, 0.15) is 33.8 Å². The first-order valence-electron chi connectivity index (χ1n) is 6.52. The molecule has 0 spiro atoms. The second kappa shape index (κ2) is 6.68. The fraction of sp³-hybridized carbons (Fsp3) is 0.312. The van der Waals surface area contributed by atoms with Crippen LogP contribution in [-0.4, -0.2) is 25.0 Å². The van der Waals surface area contributed by atoms with Crippen LogP contribution >= 0.6 is 11.3 Å². The van der Waals surface area contributed by atoms with Crippen LogP contribution in [0.2, 0.25) is 0 Å². The highest BCUT2D eigenvalue weighted by Gasteiger charge is 2.13. The fourth-order valence-electron chi connectivity index (χ4n) is 2.09. The highest BCUT2D eigenvalue weighted by Crippen LogP contribution is 2.24. The maximum atomic E-state index is 11.5. The third-order valence-electron chi connectivity index (χ3n) is 3.40. The number of thiophene rings is 1. The largest absolute Gasteiger partial charge is 0.465 e. The van der Waals surface area contributed by atoms with Crippen molar-refractivity contribution in [3.05, 3.63) is 57.8 Å². The predicted molar refractivity (Wildman–Crippen MR) is 82.0 cm³/mol. The number of nitrogens with zero attached hydrogens (tertiary/aromatic N) is 1. The van der Waals surface area contributed by atoms with E-state index in [1.165, 1.54) is 12.0 Å². The number of benzene rings is 1. The Morgan fingerprint density at radius 2 is 2.15 bits per heavy atom. The lowest BCUT2D eigenvalue weighted by Gasteiger charge is -2.24. The third-order valence-corrected chi connectivity index (χ3v) is 4.44. The Morgan fingerprint density at radius 1 is 1.35 bits per heavy atom. The lowest BCUT2D eigenvalue weighted by Crippen LogP contribution is -2.21. The van der Waals surface area contributed by atoms with E-state index in [1.54, 1.807) is 17.4 Å². The minimum absolute atomic E-state index is 0.291. The lowest BCUT2D eigenvalue weighted by molar-refractivity contribution is 0.0600. The molecular weight excluding hydrogens is 270 g/mol. The first kappa shape index (κ1) is 14.8. The lowest BCUT2D eigenvalue weighted by atomic mass is 10.1. The van der Waals surface area contributed by atoms with Crippen molar-refractivity contribution in [1.82, 2.24) is 4.90 Å². The van der Waals surface area contributed by atoms with E-state index in [2.05, 4.69) is 36.4 Å². The van der Waals surface area contributed by atoms with Gasteiger partial charge in [-0.2, -0.15) is 0 Å². The van der Waals surface area contributed by atoms with E-state index < -0.39 is 0 Å². The summed E-state index contributed by atoms with van der Waals surface area (Å²) >= 11 is 1.77. The Morgan fingerprint density at radius 3 is 2.80 bits per heavy atom. The molecule has 0 aliphatic rings. The van der Waals surface area contributed by atoms with Gasteiger partial charge in [0.25, 0.3) is 0 Å². The van der Waals surface area contributed by atoms with Crippen molar-refractivity contribution >= 4 is 17.3 Å². The van der Waals surface area contributed by atoms with Gasteiger partial charge in [-0.3, -0.25) is 4.90 Å². The van der Waals surface area contributed by atoms with Crippen molar-refractivity contribution in [3.8, 4) is 0 Å². The molecule has 4 heteroatoms. The van der Waals surface area contributed by atoms with Crippen molar-refractivity contribution in [2.24, 2.45) is 0 Å². The van der Waals surface area contributed by atoms with Crippen molar-refractivity contribution in [1.29, 1.82) is 0 Å². The summed E-state index contributed by atoms with van der Waals surface area (Å²) < 4.78 is 4.75. The summed E-state index contributed by atoms with van der Waals surface area (Å²) in [4.78, 5) is 15.1. The molecule has 0 aliphatic carbocycles. The van der Waals surface area contributed by atoms with Crippen LogP contribution in [0.5, 0.6) is 0 Å².